The second-order valence-corrected chi connectivity index (χ2v) is 5.96. The molecule has 1 aliphatic rings. The van der Waals surface area contributed by atoms with Crippen molar-refractivity contribution in [2.75, 3.05) is 19.8 Å². The average Bonchev–Trinajstić information content (AvgIpc) is 3.16. The van der Waals surface area contributed by atoms with Gasteiger partial charge in [-0.2, -0.15) is 0 Å². The number of para-hydroxylation sites is 1. The molecule has 1 aromatic heterocycles. The van der Waals surface area contributed by atoms with E-state index in [4.69, 9.17) is 19.3 Å². The summed E-state index contributed by atoms with van der Waals surface area (Å²) in [5.74, 6) is -3.04. The SMILES string of the molecule is O=C(Oc1c[n-]c2ccccc12)C1OC(O)(CO)C(O)C1OCCCO. The van der Waals surface area contributed by atoms with E-state index < -0.39 is 36.7 Å². The summed E-state index contributed by atoms with van der Waals surface area (Å²) >= 11 is 0. The monoisotopic (exact) mass is 366 g/mol. The van der Waals surface area contributed by atoms with Gasteiger partial charge in [-0.3, -0.25) is 0 Å². The number of carbonyl (C=O) groups is 1. The van der Waals surface area contributed by atoms with Crippen LogP contribution in [0.15, 0.2) is 30.5 Å². The van der Waals surface area contributed by atoms with Gasteiger partial charge in [-0.05, 0) is 6.42 Å². The molecule has 9 heteroatoms. The highest BCUT2D eigenvalue weighted by Crippen LogP contribution is 2.33. The van der Waals surface area contributed by atoms with Gasteiger partial charge >= 0.3 is 5.97 Å². The second kappa shape index (κ2) is 7.70. The van der Waals surface area contributed by atoms with E-state index in [1.54, 1.807) is 24.3 Å². The highest BCUT2D eigenvalue weighted by Gasteiger charge is 2.57. The minimum atomic E-state index is -2.35. The van der Waals surface area contributed by atoms with Gasteiger partial charge in [-0.25, -0.2) is 4.79 Å². The van der Waals surface area contributed by atoms with E-state index >= 15 is 0 Å². The zero-order valence-electron chi connectivity index (χ0n) is 13.8. The number of nitrogens with zero attached hydrogens (tertiary/aromatic N) is 1. The largest absolute Gasteiger partial charge is 0.661 e. The first kappa shape index (κ1) is 18.8. The minimum Gasteiger partial charge on any atom is -0.661 e. The maximum Gasteiger partial charge on any atom is 0.343 e. The minimum absolute atomic E-state index is 0.0216. The molecule has 9 nitrogen and oxygen atoms in total. The van der Waals surface area contributed by atoms with Crippen molar-refractivity contribution < 1.29 is 39.4 Å². The number of aromatic nitrogens is 1. The predicted octanol–water partition coefficient (Wildman–Crippen LogP) is -1.09. The van der Waals surface area contributed by atoms with Crippen molar-refractivity contribution in [1.82, 2.24) is 4.98 Å². The van der Waals surface area contributed by atoms with Gasteiger partial charge in [0.25, 0.3) is 0 Å². The first-order valence-corrected chi connectivity index (χ1v) is 8.14. The number of esters is 1. The molecular formula is C17H20NO8-. The fraction of sp³-hybridized carbons (Fsp3) is 0.471. The van der Waals surface area contributed by atoms with Crippen LogP contribution in [0.1, 0.15) is 6.42 Å². The van der Waals surface area contributed by atoms with Crippen LogP contribution in [0, 0.1) is 0 Å². The van der Waals surface area contributed by atoms with E-state index in [2.05, 4.69) is 4.98 Å². The summed E-state index contributed by atoms with van der Waals surface area (Å²) in [6.07, 6.45) is -2.75. The maximum absolute atomic E-state index is 12.5. The van der Waals surface area contributed by atoms with Crippen molar-refractivity contribution >= 4 is 16.9 Å². The lowest BCUT2D eigenvalue weighted by Gasteiger charge is -2.23. The third kappa shape index (κ3) is 3.45. The number of aliphatic hydroxyl groups excluding tert-OH is 3. The number of carbonyl (C=O) groups excluding carboxylic acids is 1. The van der Waals surface area contributed by atoms with Crippen LogP contribution in [0.4, 0.5) is 0 Å². The average molecular weight is 366 g/mol. The Morgan fingerprint density at radius 1 is 1.31 bits per heavy atom. The topological polar surface area (TPSA) is 140 Å². The summed E-state index contributed by atoms with van der Waals surface area (Å²) in [5.41, 5.74) is 0.644. The van der Waals surface area contributed by atoms with E-state index in [0.717, 1.165) is 0 Å². The highest BCUT2D eigenvalue weighted by molar-refractivity contribution is 5.89. The molecule has 4 unspecified atom stereocenters. The Labute approximate surface area is 148 Å². The molecule has 0 radical (unpaired) electrons. The molecule has 2 heterocycles. The van der Waals surface area contributed by atoms with Crippen molar-refractivity contribution in [2.24, 2.45) is 0 Å². The smallest absolute Gasteiger partial charge is 0.343 e. The molecule has 0 spiro atoms. The van der Waals surface area contributed by atoms with Crippen LogP contribution in [-0.4, -0.2) is 70.3 Å². The van der Waals surface area contributed by atoms with E-state index in [0.29, 0.717) is 10.9 Å². The molecule has 4 atom stereocenters. The molecule has 1 saturated heterocycles. The summed E-state index contributed by atoms with van der Waals surface area (Å²) < 4.78 is 15.8. The Morgan fingerprint density at radius 2 is 2.08 bits per heavy atom. The summed E-state index contributed by atoms with van der Waals surface area (Å²) in [6.45, 7) is -1.05. The van der Waals surface area contributed by atoms with Crippen molar-refractivity contribution in [3.63, 3.8) is 0 Å². The fourth-order valence-electron chi connectivity index (χ4n) is 2.79. The number of ether oxygens (including phenoxy) is 3. The number of benzene rings is 1. The predicted molar refractivity (Wildman–Crippen MR) is 87.3 cm³/mol. The number of aliphatic hydroxyl groups is 4. The van der Waals surface area contributed by atoms with Crippen molar-refractivity contribution in [3.05, 3.63) is 30.5 Å². The molecule has 0 amide bonds. The van der Waals surface area contributed by atoms with Crippen molar-refractivity contribution in [3.8, 4) is 5.75 Å². The Kier molecular flexibility index (Phi) is 5.56. The van der Waals surface area contributed by atoms with Crippen LogP contribution >= 0.6 is 0 Å². The molecular weight excluding hydrogens is 346 g/mol. The Balaban J connectivity index is 1.78. The number of rotatable bonds is 7. The molecule has 4 N–H and O–H groups in total. The van der Waals surface area contributed by atoms with Gasteiger partial charge in [0.05, 0.1) is 6.61 Å². The van der Waals surface area contributed by atoms with Gasteiger partial charge in [0.15, 0.2) is 6.10 Å². The van der Waals surface area contributed by atoms with Gasteiger partial charge in [0.2, 0.25) is 5.79 Å². The molecule has 2 aromatic rings. The maximum atomic E-state index is 12.5. The second-order valence-electron chi connectivity index (χ2n) is 5.96. The highest BCUT2D eigenvalue weighted by atomic mass is 16.7. The van der Waals surface area contributed by atoms with Gasteiger partial charge in [0, 0.05) is 18.6 Å². The third-order valence-electron chi connectivity index (χ3n) is 4.18. The first-order chi connectivity index (χ1) is 12.5. The Morgan fingerprint density at radius 3 is 2.81 bits per heavy atom. The van der Waals surface area contributed by atoms with Gasteiger partial charge in [0.1, 0.15) is 18.0 Å². The van der Waals surface area contributed by atoms with Crippen LogP contribution in [0.3, 0.4) is 0 Å². The van der Waals surface area contributed by atoms with E-state index in [1.807, 2.05) is 0 Å². The quantitative estimate of drug-likeness (QED) is 0.355. The molecule has 26 heavy (non-hydrogen) atoms. The van der Waals surface area contributed by atoms with Crippen molar-refractivity contribution in [2.45, 2.75) is 30.5 Å². The Hall–Kier alpha value is -2.01. The third-order valence-corrected chi connectivity index (χ3v) is 4.18. The normalized spacial score (nSPS) is 28.5. The molecule has 0 aliphatic carbocycles. The van der Waals surface area contributed by atoms with Crippen LogP contribution in [0.25, 0.3) is 10.9 Å². The summed E-state index contributed by atoms with van der Waals surface area (Å²) in [5, 5.41) is 39.1. The van der Waals surface area contributed by atoms with Gasteiger partial charge in [-0.1, -0.05) is 24.3 Å². The lowest BCUT2D eigenvalue weighted by Crippen LogP contribution is -2.47. The van der Waals surface area contributed by atoms with Crippen LogP contribution < -0.4 is 9.72 Å². The van der Waals surface area contributed by atoms with E-state index in [9.17, 15) is 20.1 Å². The van der Waals surface area contributed by atoms with Crippen LogP contribution in [-0.2, 0) is 14.3 Å². The lowest BCUT2D eigenvalue weighted by atomic mass is 10.1. The summed E-state index contributed by atoms with van der Waals surface area (Å²) in [7, 11) is 0. The fourth-order valence-corrected chi connectivity index (χ4v) is 2.79. The molecule has 142 valence electrons. The van der Waals surface area contributed by atoms with Crippen molar-refractivity contribution in [1.29, 1.82) is 0 Å². The summed E-state index contributed by atoms with van der Waals surface area (Å²) in [4.78, 5) is 16.7. The molecule has 3 rings (SSSR count). The number of fused-ring (bicyclic) bond motifs is 1. The van der Waals surface area contributed by atoms with Crippen LogP contribution in [0.2, 0.25) is 0 Å². The van der Waals surface area contributed by atoms with Gasteiger partial charge < -0.3 is 39.6 Å². The molecule has 1 aromatic carbocycles. The Bertz CT molecular complexity index is 762. The number of hydrogen-bond acceptors (Lipinski definition) is 8. The summed E-state index contributed by atoms with van der Waals surface area (Å²) in [6, 6.07) is 7.05. The first-order valence-electron chi connectivity index (χ1n) is 8.14. The van der Waals surface area contributed by atoms with Crippen LogP contribution in [0.5, 0.6) is 5.75 Å². The molecule has 0 saturated carbocycles. The molecule has 1 aliphatic heterocycles. The lowest BCUT2D eigenvalue weighted by molar-refractivity contribution is -0.246. The zero-order valence-corrected chi connectivity index (χ0v) is 13.8. The van der Waals surface area contributed by atoms with Gasteiger partial charge in [-0.15, -0.1) is 11.7 Å². The zero-order chi connectivity index (χ0) is 18.7. The number of hydrogen-bond donors (Lipinski definition) is 4. The van der Waals surface area contributed by atoms with E-state index in [-0.39, 0.29) is 25.4 Å². The standard InChI is InChI=1S/C17H20NO8/c19-6-3-7-24-13-14(26-17(23,9-20)15(13)21)16(22)25-12-8-18-11-5-2-1-4-10(11)12/h1-2,4-5,8,13-15,19-21,23H,3,6-7,9H2/q-1. The molecule has 1 fully saturated rings. The van der Waals surface area contributed by atoms with E-state index in [1.165, 1.54) is 6.20 Å². The molecule has 0 bridgehead atoms.